The number of alkyl halides is 3. The minimum atomic E-state index is -4.81. The number of carbonyl (C=O) groups is 2. The van der Waals surface area contributed by atoms with Crippen LogP contribution in [0.5, 0.6) is 11.5 Å². The van der Waals surface area contributed by atoms with Gasteiger partial charge in [-0.05, 0) is 56.5 Å². The molecule has 1 heterocycles. The van der Waals surface area contributed by atoms with Crippen LogP contribution in [0, 0.1) is 11.7 Å². The lowest BCUT2D eigenvalue weighted by Gasteiger charge is -2.36. The second kappa shape index (κ2) is 11.5. The molecule has 2 atom stereocenters. The second-order valence-corrected chi connectivity index (χ2v) is 11.6. The molecule has 14 heteroatoms. The molecule has 1 aliphatic heterocycles. The Morgan fingerprint density at radius 2 is 1.85 bits per heavy atom. The van der Waals surface area contributed by atoms with Gasteiger partial charge < -0.3 is 19.3 Å². The molecule has 9 nitrogen and oxygen atoms in total. The zero-order chi connectivity index (χ0) is 30.0. The van der Waals surface area contributed by atoms with Crippen LogP contribution in [0.25, 0.3) is 0 Å². The second-order valence-electron chi connectivity index (χ2n) is 9.71. The fourth-order valence-corrected chi connectivity index (χ4v) is 5.56. The number of nitrogens with zero attached hydrogens (tertiary/aromatic N) is 1. The third-order valence-electron chi connectivity index (χ3n) is 6.46. The fraction of sp³-hybridized carbons (Fsp3) is 0.462. The molecule has 2 aromatic carbocycles. The lowest BCUT2D eigenvalue weighted by molar-refractivity contribution is -0.257. The number of aliphatic carboxylic acids is 1. The molecule has 0 bridgehead atoms. The molecule has 40 heavy (non-hydrogen) atoms. The van der Waals surface area contributed by atoms with Crippen molar-refractivity contribution in [2.45, 2.75) is 62.8 Å². The number of hydrogen-bond donors (Lipinski definition) is 1. The summed E-state index contributed by atoms with van der Waals surface area (Å²) >= 11 is 0. The van der Waals surface area contributed by atoms with Crippen molar-refractivity contribution in [2.75, 3.05) is 18.0 Å². The predicted molar refractivity (Wildman–Crippen MR) is 134 cm³/mol. The number of carboxylic acids is 1. The minimum Gasteiger partial charge on any atom is -0.494 e. The van der Waals surface area contributed by atoms with Crippen LogP contribution in [0.2, 0.25) is 0 Å². The summed E-state index contributed by atoms with van der Waals surface area (Å²) in [6, 6.07) is 6.90. The lowest BCUT2D eigenvalue weighted by Crippen LogP contribution is -2.45. The number of anilines is 1. The molecule has 0 saturated carbocycles. The number of benzene rings is 2. The number of sulfonamides is 1. The van der Waals surface area contributed by atoms with Crippen LogP contribution in [0.4, 0.5) is 23.2 Å². The Bertz CT molecular complexity index is 1380. The summed E-state index contributed by atoms with van der Waals surface area (Å²) in [5.74, 6) is -4.18. The predicted octanol–water partition coefficient (Wildman–Crippen LogP) is 4.72. The topological polar surface area (TPSA) is 119 Å². The summed E-state index contributed by atoms with van der Waals surface area (Å²) in [5.41, 5.74) is -2.65. The Morgan fingerprint density at radius 1 is 1.18 bits per heavy atom. The monoisotopic (exact) mass is 591 g/mol. The van der Waals surface area contributed by atoms with Crippen molar-refractivity contribution in [3.05, 3.63) is 47.8 Å². The molecule has 2 aromatic rings. The van der Waals surface area contributed by atoms with E-state index in [0.717, 1.165) is 29.6 Å². The Morgan fingerprint density at radius 3 is 2.42 bits per heavy atom. The molecule has 0 amide bonds. The van der Waals surface area contributed by atoms with E-state index in [1.165, 1.54) is 18.2 Å². The number of fused-ring (bicyclic) bond motifs is 1. The first-order valence-corrected chi connectivity index (χ1v) is 13.6. The summed E-state index contributed by atoms with van der Waals surface area (Å²) in [4.78, 5) is 23.6. The van der Waals surface area contributed by atoms with Gasteiger partial charge in [0.2, 0.25) is 5.60 Å². The zero-order valence-corrected chi connectivity index (χ0v) is 22.9. The van der Waals surface area contributed by atoms with Gasteiger partial charge in [-0.1, -0.05) is 13.0 Å². The van der Waals surface area contributed by atoms with Crippen molar-refractivity contribution in [1.29, 1.82) is 0 Å². The molecule has 0 radical (unpaired) electrons. The van der Waals surface area contributed by atoms with Gasteiger partial charge in [0.15, 0.2) is 11.6 Å². The van der Waals surface area contributed by atoms with Crippen LogP contribution in [-0.4, -0.2) is 57.0 Å². The van der Waals surface area contributed by atoms with Crippen molar-refractivity contribution < 1.29 is 54.9 Å². The molecule has 0 aromatic heterocycles. The van der Waals surface area contributed by atoms with Crippen molar-refractivity contribution in [3.63, 3.8) is 0 Å². The van der Waals surface area contributed by atoms with Crippen molar-refractivity contribution in [1.82, 2.24) is 0 Å². The highest BCUT2D eigenvalue weighted by Crippen LogP contribution is 2.40. The number of ether oxygens (including phenoxy) is 3. The molecule has 0 spiro atoms. The largest absolute Gasteiger partial charge is 0.494 e. The van der Waals surface area contributed by atoms with Gasteiger partial charge in [-0.15, -0.1) is 0 Å². The Balaban J connectivity index is 2.02. The molecular weight excluding hydrogens is 562 g/mol. The van der Waals surface area contributed by atoms with Gasteiger partial charge in [-0.25, -0.2) is 12.8 Å². The van der Waals surface area contributed by atoms with Crippen LogP contribution in [0.15, 0.2) is 41.3 Å². The fourth-order valence-electron chi connectivity index (χ4n) is 4.05. The van der Waals surface area contributed by atoms with Crippen molar-refractivity contribution >= 4 is 27.6 Å². The number of hydrogen-bond acceptors (Lipinski definition) is 7. The van der Waals surface area contributed by atoms with E-state index in [9.17, 15) is 40.7 Å². The number of methoxy groups -OCH3 is 1. The van der Waals surface area contributed by atoms with Crippen molar-refractivity contribution in [2.24, 2.45) is 5.92 Å². The van der Waals surface area contributed by atoms with E-state index in [2.05, 4.69) is 4.74 Å². The summed E-state index contributed by atoms with van der Waals surface area (Å²) in [7, 11) is -3.26. The first-order chi connectivity index (χ1) is 18.5. The first-order valence-electron chi connectivity index (χ1n) is 12.2. The highest BCUT2D eigenvalue weighted by atomic mass is 32.2. The van der Waals surface area contributed by atoms with E-state index >= 15 is 0 Å². The quantitative estimate of drug-likeness (QED) is 0.312. The maximum absolute atomic E-state index is 14.0. The summed E-state index contributed by atoms with van der Waals surface area (Å²) in [6.07, 6.45) is -6.06. The molecule has 1 aliphatic rings. The van der Waals surface area contributed by atoms with E-state index < -0.39 is 58.0 Å². The third kappa shape index (κ3) is 6.60. The molecule has 0 aliphatic carbocycles. The third-order valence-corrected chi connectivity index (χ3v) is 8.23. The van der Waals surface area contributed by atoms with Crippen LogP contribution in [0.1, 0.15) is 39.2 Å². The summed E-state index contributed by atoms with van der Waals surface area (Å²) in [6.45, 7) is 2.75. The van der Waals surface area contributed by atoms with Crippen molar-refractivity contribution in [3.8, 4) is 11.5 Å². The van der Waals surface area contributed by atoms with Gasteiger partial charge in [0.05, 0.1) is 36.6 Å². The van der Waals surface area contributed by atoms with E-state index in [-0.39, 0.29) is 47.0 Å². The SMILES string of the molecule is CC[C@H](C[C@H]1CN(S(=O)(=O)c2ccc(F)c(OC)c2)c2cc(CC(=O)OC(C)(C)C(F)(F)F)ccc2O1)C(=O)O. The van der Waals surface area contributed by atoms with Gasteiger partial charge in [-0.3, -0.25) is 13.9 Å². The van der Waals surface area contributed by atoms with Crippen LogP contribution in [-0.2, 0) is 30.8 Å². The lowest BCUT2D eigenvalue weighted by atomic mass is 9.98. The summed E-state index contributed by atoms with van der Waals surface area (Å²) < 4.78 is 97.3. The van der Waals surface area contributed by atoms with E-state index in [1.54, 1.807) is 6.92 Å². The van der Waals surface area contributed by atoms with Gasteiger partial charge in [-0.2, -0.15) is 13.2 Å². The van der Waals surface area contributed by atoms with Crippen LogP contribution >= 0.6 is 0 Å². The molecule has 0 fully saturated rings. The molecule has 220 valence electrons. The molecule has 3 rings (SSSR count). The standard InChI is InChI=1S/C26H29F4NO8S/c1-5-16(24(33)34)12-17-14-31(40(35,36)18-7-8-19(27)22(13-18)37-4)20-10-15(6-9-21(20)38-17)11-23(32)39-25(2,3)26(28,29)30/h6-10,13,16-17H,5,11-12,14H2,1-4H3,(H,33,34)/t16-,17+/m1/s1. The molecule has 0 saturated heterocycles. The van der Waals surface area contributed by atoms with E-state index in [1.807, 2.05) is 0 Å². The Hall–Kier alpha value is -3.55. The van der Waals surface area contributed by atoms with Crippen LogP contribution in [0.3, 0.4) is 0 Å². The minimum absolute atomic E-state index is 0.0232. The highest BCUT2D eigenvalue weighted by molar-refractivity contribution is 7.92. The summed E-state index contributed by atoms with van der Waals surface area (Å²) in [5, 5.41) is 9.49. The Labute approximate surface area is 228 Å². The van der Waals surface area contributed by atoms with Gasteiger partial charge >= 0.3 is 18.1 Å². The number of rotatable bonds is 10. The zero-order valence-electron chi connectivity index (χ0n) is 22.1. The number of carboxylic acid groups (broad SMARTS) is 1. The number of halogens is 4. The molecular formula is C26H29F4NO8S. The molecule has 1 N–H and O–H groups in total. The molecule has 0 unspecified atom stereocenters. The highest BCUT2D eigenvalue weighted by Gasteiger charge is 2.50. The van der Waals surface area contributed by atoms with Gasteiger partial charge in [0.25, 0.3) is 10.0 Å². The average molecular weight is 592 g/mol. The number of esters is 1. The first kappa shape index (κ1) is 31.0. The maximum atomic E-state index is 14.0. The maximum Gasteiger partial charge on any atom is 0.427 e. The number of carbonyl (C=O) groups excluding carboxylic acids is 1. The van der Waals surface area contributed by atoms with E-state index in [4.69, 9.17) is 9.47 Å². The normalized spacial score (nSPS) is 16.5. The van der Waals surface area contributed by atoms with Gasteiger partial charge in [0.1, 0.15) is 11.9 Å². The van der Waals surface area contributed by atoms with Gasteiger partial charge in [0, 0.05) is 6.07 Å². The van der Waals surface area contributed by atoms with Crippen LogP contribution < -0.4 is 13.8 Å². The average Bonchev–Trinajstić information content (AvgIpc) is 2.85. The van der Waals surface area contributed by atoms with E-state index in [0.29, 0.717) is 13.8 Å². The Kier molecular flexibility index (Phi) is 8.92. The smallest absolute Gasteiger partial charge is 0.427 e.